The van der Waals surface area contributed by atoms with Gasteiger partial charge in [-0.15, -0.1) is 0 Å². The molecule has 156 valence electrons. The molecule has 0 heterocycles. The summed E-state index contributed by atoms with van der Waals surface area (Å²) in [4.78, 5) is 26.4. The first-order chi connectivity index (χ1) is 13.9. The van der Waals surface area contributed by atoms with Gasteiger partial charge in [-0.05, 0) is 55.2 Å². The molecule has 29 heavy (non-hydrogen) atoms. The second kappa shape index (κ2) is 11.3. The monoisotopic (exact) mass is 397 g/mol. The van der Waals surface area contributed by atoms with Crippen molar-refractivity contribution in [1.82, 2.24) is 4.90 Å². The summed E-state index contributed by atoms with van der Waals surface area (Å²) in [5.41, 5.74) is 3.82. The molecule has 6 heteroatoms. The molecule has 0 aliphatic heterocycles. The van der Waals surface area contributed by atoms with Crippen LogP contribution in [-0.2, 0) is 22.4 Å². The van der Waals surface area contributed by atoms with Gasteiger partial charge in [0.05, 0.1) is 19.2 Å². The number of aliphatic hydroxyl groups excluding tert-OH is 1. The van der Waals surface area contributed by atoms with Crippen molar-refractivity contribution in [1.29, 1.82) is 0 Å². The Morgan fingerprint density at radius 3 is 1.52 bits per heavy atom. The minimum Gasteiger partial charge on any atom is -0.392 e. The van der Waals surface area contributed by atoms with Crippen LogP contribution in [0, 0.1) is 0 Å². The maximum atomic E-state index is 12.4. The molecule has 2 amide bonds. The molecule has 0 fully saturated rings. The van der Waals surface area contributed by atoms with Crippen LogP contribution in [0.5, 0.6) is 0 Å². The Labute approximate surface area is 172 Å². The van der Waals surface area contributed by atoms with Gasteiger partial charge in [0.2, 0.25) is 11.8 Å². The minimum atomic E-state index is -0.650. The molecule has 0 saturated carbocycles. The number of hydrogen-bond donors (Lipinski definition) is 3. The lowest BCUT2D eigenvalue weighted by Gasteiger charge is -2.22. The number of carbonyl (C=O) groups is 2. The summed E-state index contributed by atoms with van der Waals surface area (Å²) in [7, 11) is 0. The highest BCUT2D eigenvalue weighted by atomic mass is 16.3. The van der Waals surface area contributed by atoms with Crippen molar-refractivity contribution in [3.8, 4) is 0 Å². The van der Waals surface area contributed by atoms with Gasteiger partial charge in [0, 0.05) is 17.9 Å². The number of nitrogens with one attached hydrogen (secondary N) is 2. The van der Waals surface area contributed by atoms with E-state index in [0.29, 0.717) is 11.4 Å². The van der Waals surface area contributed by atoms with Gasteiger partial charge in [0.1, 0.15) is 0 Å². The number of aliphatic hydroxyl groups is 1. The first-order valence-corrected chi connectivity index (χ1v) is 10.1. The summed E-state index contributed by atoms with van der Waals surface area (Å²) in [6.45, 7) is 6.04. The van der Waals surface area contributed by atoms with E-state index in [9.17, 15) is 14.7 Å². The predicted octanol–water partition coefficient (Wildman–Crippen LogP) is 3.07. The molecule has 0 radical (unpaired) electrons. The van der Waals surface area contributed by atoms with Gasteiger partial charge in [-0.25, -0.2) is 0 Å². The van der Waals surface area contributed by atoms with E-state index in [4.69, 9.17) is 0 Å². The van der Waals surface area contributed by atoms with E-state index in [-0.39, 0.29) is 31.4 Å². The van der Waals surface area contributed by atoms with E-state index in [0.717, 1.165) is 12.8 Å². The fraction of sp³-hybridized carbons (Fsp3) is 0.391. The Kier molecular flexibility index (Phi) is 8.83. The molecule has 0 spiro atoms. The third kappa shape index (κ3) is 8.05. The van der Waals surface area contributed by atoms with Crippen molar-refractivity contribution in [3.05, 3.63) is 59.7 Å². The summed E-state index contributed by atoms with van der Waals surface area (Å²) < 4.78 is 0. The van der Waals surface area contributed by atoms with Crippen LogP contribution in [-0.4, -0.2) is 47.6 Å². The van der Waals surface area contributed by atoms with Crippen molar-refractivity contribution in [2.45, 2.75) is 39.7 Å². The Hall–Kier alpha value is -2.70. The third-order valence-electron chi connectivity index (χ3n) is 4.55. The lowest BCUT2D eigenvalue weighted by atomic mass is 10.1. The van der Waals surface area contributed by atoms with Crippen LogP contribution in [0.15, 0.2) is 48.5 Å². The van der Waals surface area contributed by atoms with Crippen LogP contribution in [0.1, 0.15) is 31.9 Å². The summed E-state index contributed by atoms with van der Waals surface area (Å²) in [5, 5.41) is 15.4. The quantitative estimate of drug-likeness (QED) is 0.575. The van der Waals surface area contributed by atoms with Crippen LogP contribution in [0.25, 0.3) is 0 Å². The lowest BCUT2D eigenvalue weighted by Crippen LogP contribution is -2.42. The minimum absolute atomic E-state index is 0.0165. The molecule has 0 aliphatic carbocycles. The van der Waals surface area contributed by atoms with Crippen molar-refractivity contribution < 1.29 is 14.7 Å². The van der Waals surface area contributed by atoms with Crippen LogP contribution >= 0.6 is 0 Å². The maximum Gasteiger partial charge on any atom is 0.238 e. The molecule has 0 unspecified atom stereocenters. The summed E-state index contributed by atoms with van der Waals surface area (Å²) in [6, 6.07) is 15.3. The first-order valence-electron chi connectivity index (χ1n) is 10.1. The second-order valence-corrected chi connectivity index (χ2v) is 7.22. The Morgan fingerprint density at radius 2 is 1.21 bits per heavy atom. The highest BCUT2D eigenvalue weighted by molar-refractivity contribution is 5.94. The van der Waals surface area contributed by atoms with Gasteiger partial charge >= 0.3 is 0 Å². The van der Waals surface area contributed by atoms with Crippen molar-refractivity contribution >= 4 is 23.2 Å². The SMILES string of the molecule is CCc1ccc(NC(=O)CN(CC(=O)Nc2ccc(CC)cc2)C[C@@H](C)O)cc1. The third-order valence-corrected chi connectivity index (χ3v) is 4.55. The Balaban J connectivity index is 1.92. The van der Waals surface area contributed by atoms with E-state index in [1.54, 1.807) is 11.8 Å². The number of nitrogens with zero attached hydrogens (tertiary/aromatic N) is 1. The topological polar surface area (TPSA) is 81.7 Å². The summed E-state index contributed by atoms with van der Waals surface area (Å²) >= 11 is 0. The second-order valence-electron chi connectivity index (χ2n) is 7.22. The van der Waals surface area contributed by atoms with E-state index in [1.807, 2.05) is 48.5 Å². The van der Waals surface area contributed by atoms with E-state index >= 15 is 0 Å². The van der Waals surface area contributed by atoms with Crippen LogP contribution in [0.2, 0.25) is 0 Å². The summed E-state index contributed by atoms with van der Waals surface area (Å²) in [6.07, 6.45) is 1.22. The Morgan fingerprint density at radius 1 is 0.828 bits per heavy atom. The molecule has 0 aliphatic rings. The summed E-state index contributed by atoms with van der Waals surface area (Å²) in [5.74, 6) is -0.454. The van der Waals surface area contributed by atoms with Gasteiger partial charge in [-0.1, -0.05) is 38.1 Å². The number of amides is 2. The highest BCUT2D eigenvalue weighted by Crippen LogP contribution is 2.11. The van der Waals surface area contributed by atoms with E-state index < -0.39 is 6.10 Å². The number of rotatable bonds is 10. The zero-order valence-electron chi connectivity index (χ0n) is 17.4. The zero-order valence-corrected chi connectivity index (χ0v) is 17.4. The van der Waals surface area contributed by atoms with Crippen molar-refractivity contribution in [2.24, 2.45) is 0 Å². The normalized spacial score (nSPS) is 11.9. The number of aryl methyl sites for hydroxylation is 2. The average Bonchev–Trinajstić information content (AvgIpc) is 2.68. The molecule has 1 atom stereocenters. The standard InChI is InChI=1S/C23H31N3O3/c1-4-18-6-10-20(11-7-18)24-22(28)15-26(14-17(3)27)16-23(29)25-21-12-8-19(5-2)9-13-21/h6-13,17,27H,4-5,14-16H2,1-3H3,(H,24,28)(H,25,29)/t17-/m1/s1. The zero-order chi connectivity index (χ0) is 21.2. The number of carbonyl (C=O) groups excluding carboxylic acids is 2. The van der Waals surface area contributed by atoms with Crippen LogP contribution in [0.4, 0.5) is 11.4 Å². The van der Waals surface area contributed by atoms with E-state index in [1.165, 1.54) is 11.1 Å². The number of anilines is 2. The van der Waals surface area contributed by atoms with Gasteiger partial charge in [0.15, 0.2) is 0 Å². The van der Waals surface area contributed by atoms with Crippen LogP contribution in [0.3, 0.4) is 0 Å². The molecular formula is C23H31N3O3. The molecule has 3 N–H and O–H groups in total. The van der Waals surface area contributed by atoms with Gasteiger partial charge in [0.25, 0.3) is 0 Å². The highest BCUT2D eigenvalue weighted by Gasteiger charge is 2.17. The largest absolute Gasteiger partial charge is 0.392 e. The smallest absolute Gasteiger partial charge is 0.238 e. The van der Waals surface area contributed by atoms with Crippen LogP contribution < -0.4 is 10.6 Å². The Bertz CT molecular complexity index is 723. The molecule has 0 saturated heterocycles. The number of benzene rings is 2. The molecule has 6 nitrogen and oxygen atoms in total. The molecule has 2 rings (SSSR count). The van der Waals surface area contributed by atoms with Gasteiger partial charge in [-0.3, -0.25) is 14.5 Å². The molecule has 0 bridgehead atoms. The molecule has 0 aromatic heterocycles. The number of hydrogen-bond acceptors (Lipinski definition) is 4. The van der Waals surface area contributed by atoms with Crippen molar-refractivity contribution in [2.75, 3.05) is 30.3 Å². The lowest BCUT2D eigenvalue weighted by molar-refractivity contribution is -0.120. The molecule has 2 aromatic rings. The predicted molar refractivity (Wildman–Crippen MR) is 117 cm³/mol. The maximum absolute atomic E-state index is 12.4. The average molecular weight is 398 g/mol. The van der Waals surface area contributed by atoms with Crippen molar-refractivity contribution in [3.63, 3.8) is 0 Å². The molecular weight excluding hydrogens is 366 g/mol. The van der Waals surface area contributed by atoms with E-state index in [2.05, 4.69) is 24.5 Å². The van der Waals surface area contributed by atoms with Gasteiger partial charge in [-0.2, -0.15) is 0 Å². The fourth-order valence-electron chi connectivity index (χ4n) is 3.01. The first kappa shape index (κ1) is 22.6. The molecule has 2 aromatic carbocycles. The fourth-order valence-corrected chi connectivity index (χ4v) is 3.01. The van der Waals surface area contributed by atoms with Gasteiger partial charge < -0.3 is 15.7 Å².